The number of rotatable bonds is 9. The SMILES string of the molecule is COCCOCc1nc(C2CCCCN2C(=O)Nc2ccc(OC)cc2OC)no1. The fourth-order valence-electron chi connectivity index (χ4n) is 3.30. The van der Waals surface area contributed by atoms with Crippen LogP contribution in [0.3, 0.4) is 0 Å². The molecule has 0 saturated carbocycles. The van der Waals surface area contributed by atoms with Gasteiger partial charge in [-0.25, -0.2) is 4.79 Å². The standard InChI is InChI=1S/C20H28N4O6/c1-26-10-11-29-13-18-22-19(23-30-18)16-6-4-5-9-24(16)20(25)21-15-8-7-14(27-2)12-17(15)28-3/h7-8,12,16H,4-6,9-11,13H2,1-3H3,(H,21,25). The average molecular weight is 420 g/mol. The molecular formula is C20H28N4O6. The van der Waals surface area contributed by atoms with Gasteiger partial charge in [-0.1, -0.05) is 5.16 Å². The van der Waals surface area contributed by atoms with E-state index in [1.165, 1.54) is 0 Å². The second-order valence-corrected chi connectivity index (χ2v) is 6.79. The van der Waals surface area contributed by atoms with Crippen LogP contribution >= 0.6 is 0 Å². The molecule has 1 atom stereocenters. The zero-order chi connectivity index (χ0) is 21.3. The smallest absolute Gasteiger partial charge is 0.322 e. The maximum Gasteiger partial charge on any atom is 0.322 e. The van der Waals surface area contributed by atoms with Crippen LogP contribution in [0, 0.1) is 0 Å². The van der Waals surface area contributed by atoms with Crippen molar-refractivity contribution in [2.75, 3.05) is 46.4 Å². The Morgan fingerprint density at radius 3 is 2.87 bits per heavy atom. The number of aromatic nitrogens is 2. The summed E-state index contributed by atoms with van der Waals surface area (Å²) < 4.78 is 26.2. The van der Waals surface area contributed by atoms with Crippen molar-refractivity contribution in [3.63, 3.8) is 0 Å². The number of urea groups is 1. The van der Waals surface area contributed by atoms with Crippen molar-refractivity contribution in [3.05, 3.63) is 29.9 Å². The Bertz CT molecular complexity index is 827. The number of carbonyl (C=O) groups excluding carboxylic acids is 1. The van der Waals surface area contributed by atoms with Gasteiger partial charge in [0.15, 0.2) is 5.82 Å². The summed E-state index contributed by atoms with van der Waals surface area (Å²) in [5.74, 6) is 2.03. The Morgan fingerprint density at radius 1 is 1.23 bits per heavy atom. The summed E-state index contributed by atoms with van der Waals surface area (Å²) in [4.78, 5) is 19.2. The number of carbonyl (C=O) groups is 1. The first-order valence-corrected chi connectivity index (χ1v) is 9.85. The summed E-state index contributed by atoms with van der Waals surface area (Å²) in [5, 5.41) is 6.99. The van der Waals surface area contributed by atoms with Crippen LogP contribution in [0.1, 0.15) is 37.0 Å². The minimum atomic E-state index is -0.264. The molecule has 1 unspecified atom stereocenters. The monoisotopic (exact) mass is 420 g/mol. The highest BCUT2D eigenvalue weighted by atomic mass is 16.5. The van der Waals surface area contributed by atoms with E-state index < -0.39 is 0 Å². The van der Waals surface area contributed by atoms with Gasteiger partial charge in [-0.2, -0.15) is 4.98 Å². The number of ether oxygens (including phenoxy) is 4. The fourth-order valence-corrected chi connectivity index (χ4v) is 3.30. The highest BCUT2D eigenvalue weighted by Gasteiger charge is 2.32. The van der Waals surface area contributed by atoms with E-state index in [9.17, 15) is 4.79 Å². The third kappa shape index (κ3) is 5.39. The van der Waals surface area contributed by atoms with Gasteiger partial charge in [0, 0.05) is 19.7 Å². The van der Waals surface area contributed by atoms with Crippen LogP contribution in [0.25, 0.3) is 0 Å². The molecule has 0 aliphatic carbocycles. The lowest BCUT2D eigenvalue weighted by molar-refractivity contribution is 0.0494. The Balaban J connectivity index is 1.68. The van der Waals surface area contributed by atoms with Crippen LogP contribution in [0.5, 0.6) is 11.5 Å². The third-order valence-electron chi connectivity index (χ3n) is 4.85. The number of anilines is 1. The number of hydrogen-bond donors (Lipinski definition) is 1. The van der Waals surface area contributed by atoms with E-state index in [4.69, 9.17) is 23.5 Å². The Hall–Kier alpha value is -2.85. The first-order valence-electron chi connectivity index (χ1n) is 9.85. The van der Waals surface area contributed by atoms with E-state index in [-0.39, 0.29) is 18.7 Å². The number of nitrogens with zero attached hydrogens (tertiary/aromatic N) is 3. The van der Waals surface area contributed by atoms with Crippen molar-refractivity contribution < 1.29 is 28.3 Å². The molecule has 10 nitrogen and oxygen atoms in total. The van der Waals surface area contributed by atoms with E-state index in [1.54, 1.807) is 44.4 Å². The summed E-state index contributed by atoms with van der Waals surface area (Å²) in [6.07, 6.45) is 2.65. The highest BCUT2D eigenvalue weighted by molar-refractivity contribution is 5.91. The van der Waals surface area contributed by atoms with Gasteiger partial charge in [0.05, 0.1) is 39.2 Å². The van der Waals surface area contributed by atoms with Crippen LogP contribution in [0.2, 0.25) is 0 Å². The molecule has 1 saturated heterocycles. The lowest BCUT2D eigenvalue weighted by atomic mass is 10.0. The Kier molecular flexibility index (Phi) is 7.86. The van der Waals surface area contributed by atoms with E-state index in [1.807, 2.05) is 0 Å². The molecule has 2 aromatic rings. The van der Waals surface area contributed by atoms with Gasteiger partial charge in [-0.3, -0.25) is 0 Å². The maximum absolute atomic E-state index is 13.0. The molecule has 10 heteroatoms. The molecule has 30 heavy (non-hydrogen) atoms. The van der Waals surface area contributed by atoms with Crippen molar-refractivity contribution in [1.29, 1.82) is 0 Å². The summed E-state index contributed by atoms with van der Waals surface area (Å²) in [6.45, 7) is 1.74. The molecule has 2 heterocycles. The summed E-state index contributed by atoms with van der Waals surface area (Å²) in [7, 11) is 4.73. The number of likely N-dealkylation sites (tertiary alicyclic amines) is 1. The second-order valence-electron chi connectivity index (χ2n) is 6.79. The van der Waals surface area contributed by atoms with Crippen LogP contribution < -0.4 is 14.8 Å². The van der Waals surface area contributed by atoms with Gasteiger partial charge in [-0.15, -0.1) is 0 Å². The lowest BCUT2D eigenvalue weighted by Crippen LogP contribution is -2.41. The molecule has 1 aromatic heterocycles. The van der Waals surface area contributed by atoms with Gasteiger partial charge >= 0.3 is 6.03 Å². The normalized spacial score (nSPS) is 16.4. The van der Waals surface area contributed by atoms with Gasteiger partial charge in [-0.05, 0) is 31.4 Å². The molecule has 2 amide bonds. The van der Waals surface area contributed by atoms with Crippen LogP contribution in [-0.4, -0.2) is 62.2 Å². The van der Waals surface area contributed by atoms with Gasteiger partial charge in [0.1, 0.15) is 18.1 Å². The molecule has 1 aliphatic heterocycles. The maximum atomic E-state index is 13.0. The predicted octanol–water partition coefficient (Wildman–Crippen LogP) is 3.01. The first-order chi connectivity index (χ1) is 14.7. The summed E-state index contributed by atoms with van der Waals surface area (Å²) in [6, 6.07) is 4.72. The molecule has 1 fully saturated rings. The molecule has 0 spiro atoms. The second kappa shape index (κ2) is 10.8. The number of hydrogen-bond acceptors (Lipinski definition) is 8. The molecule has 164 valence electrons. The van der Waals surface area contributed by atoms with E-state index in [0.717, 1.165) is 19.3 Å². The van der Waals surface area contributed by atoms with E-state index >= 15 is 0 Å². The van der Waals surface area contributed by atoms with E-state index in [2.05, 4.69) is 15.5 Å². The molecule has 0 radical (unpaired) electrons. The van der Waals surface area contributed by atoms with E-state index in [0.29, 0.717) is 48.7 Å². The van der Waals surface area contributed by atoms with Crippen molar-refractivity contribution in [3.8, 4) is 11.5 Å². The minimum Gasteiger partial charge on any atom is -0.497 e. The average Bonchev–Trinajstić information content (AvgIpc) is 3.25. The summed E-state index contributed by atoms with van der Waals surface area (Å²) in [5.41, 5.74) is 0.563. The minimum absolute atomic E-state index is 0.207. The van der Waals surface area contributed by atoms with Crippen LogP contribution in [0.15, 0.2) is 22.7 Å². The van der Waals surface area contributed by atoms with Crippen LogP contribution in [-0.2, 0) is 16.1 Å². The Morgan fingerprint density at radius 2 is 2.10 bits per heavy atom. The summed E-state index contributed by atoms with van der Waals surface area (Å²) >= 11 is 0. The molecule has 1 aliphatic rings. The lowest BCUT2D eigenvalue weighted by Gasteiger charge is -2.33. The number of benzene rings is 1. The first kappa shape index (κ1) is 21.8. The Labute approximate surface area is 175 Å². The van der Waals surface area contributed by atoms with Gasteiger partial charge < -0.3 is 33.7 Å². The molecule has 0 bridgehead atoms. The number of nitrogens with one attached hydrogen (secondary N) is 1. The zero-order valence-electron chi connectivity index (χ0n) is 17.6. The fraction of sp³-hybridized carbons (Fsp3) is 0.550. The van der Waals surface area contributed by atoms with Crippen molar-refractivity contribution in [2.45, 2.75) is 31.9 Å². The largest absolute Gasteiger partial charge is 0.497 e. The number of amides is 2. The van der Waals surface area contributed by atoms with Crippen molar-refractivity contribution >= 4 is 11.7 Å². The van der Waals surface area contributed by atoms with Gasteiger partial charge in [0.2, 0.25) is 0 Å². The third-order valence-corrected chi connectivity index (χ3v) is 4.85. The quantitative estimate of drug-likeness (QED) is 0.617. The molecular weight excluding hydrogens is 392 g/mol. The number of methoxy groups -OCH3 is 3. The van der Waals surface area contributed by atoms with Crippen molar-refractivity contribution in [2.24, 2.45) is 0 Å². The van der Waals surface area contributed by atoms with Crippen molar-refractivity contribution in [1.82, 2.24) is 15.0 Å². The molecule has 3 rings (SSSR count). The topological polar surface area (TPSA) is 108 Å². The zero-order valence-corrected chi connectivity index (χ0v) is 17.6. The van der Waals surface area contributed by atoms with Gasteiger partial charge in [0.25, 0.3) is 5.89 Å². The molecule has 1 aromatic carbocycles. The molecule has 1 N–H and O–H groups in total. The predicted molar refractivity (Wildman–Crippen MR) is 108 cm³/mol. The number of piperidine rings is 1. The van der Waals surface area contributed by atoms with Crippen LogP contribution in [0.4, 0.5) is 10.5 Å². The highest BCUT2D eigenvalue weighted by Crippen LogP contribution is 2.32.